The van der Waals surface area contributed by atoms with Crippen LogP contribution < -0.4 is 5.73 Å². The number of methoxy groups -OCH3 is 1. The minimum absolute atomic E-state index is 0.230. The number of hydrogen-bond acceptors (Lipinski definition) is 5. The first-order chi connectivity index (χ1) is 10.5. The van der Waals surface area contributed by atoms with Crippen LogP contribution in [-0.4, -0.2) is 31.3 Å². The Hall–Kier alpha value is -1.11. The van der Waals surface area contributed by atoms with Gasteiger partial charge in [-0.05, 0) is 43.9 Å². The lowest BCUT2D eigenvalue weighted by atomic mass is 9.91. The Balaban J connectivity index is 1.95. The van der Waals surface area contributed by atoms with Gasteiger partial charge in [0.2, 0.25) is 11.7 Å². The highest BCUT2D eigenvalue weighted by Gasteiger charge is 2.52. The summed E-state index contributed by atoms with van der Waals surface area (Å²) in [5, 5.41) is 1.57. The summed E-state index contributed by atoms with van der Waals surface area (Å²) in [5.41, 5.74) is 7.70. The average molecular weight is 368 g/mol. The van der Waals surface area contributed by atoms with Gasteiger partial charge >= 0.3 is 0 Å². The second kappa shape index (κ2) is 5.83. The zero-order valence-electron chi connectivity index (χ0n) is 13.2. The van der Waals surface area contributed by atoms with Crippen molar-refractivity contribution in [3.63, 3.8) is 0 Å². The number of rotatable bonds is 4. The molecule has 5 nitrogen and oxygen atoms in total. The van der Waals surface area contributed by atoms with Crippen molar-refractivity contribution in [2.75, 3.05) is 14.2 Å². The first kappa shape index (κ1) is 15.8. The molecule has 120 valence electrons. The van der Waals surface area contributed by atoms with E-state index < -0.39 is 5.72 Å². The van der Waals surface area contributed by atoms with Crippen molar-refractivity contribution in [1.82, 2.24) is 5.06 Å². The largest absolute Gasteiger partial charge is 0.382 e. The molecular weight excluding hydrogens is 346 g/mol. The Morgan fingerprint density at radius 2 is 2.36 bits per heavy atom. The summed E-state index contributed by atoms with van der Waals surface area (Å²) in [4.78, 5) is 10.8. The molecule has 0 saturated carbocycles. The van der Waals surface area contributed by atoms with Crippen LogP contribution in [0.1, 0.15) is 30.9 Å². The Kier molecular flexibility index (Phi) is 4.18. The number of fused-ring (bicyclic) bond motifs is 2. The third kappa shape index (κ3) is 2.53. The fraction of sp³-hybridized carbons (Fsp3) is 0.562. The van der Waals surface area contributed by atoms with Crippen molar-refractivity contribution in [1.29, 1.82) is 0 Å². The summed E-state index contributed by atoms with van der Waals surface area (Å²) >= 11 is 3.55. The van der Waals surface area contributed by atoms with Gasteiger partial charge in [-0.3, -0.25) is 0 Å². The predicted molar refractivity (Wildman–Crippen MR) is 89.2 cm³/mol. The number of nitrogens with zero attached hydrogens (tertiary/aromatic N) is 2. The van der Waals surface area contributed by atoms with E-state index >= 15 is 0 Å². The van der Waals surface area contributed by atoms with Gasteiger partial charge in [-0.2, -0.15) is 0 Å². The van der Waals surface area contributed by atoms with Crippen LogP contribution in [0.15, 0.2) is 27.7 Å². The molecule has 1 spiro atoms. The average Bonchev–Trinajstić information content (AvgIpc) is 2.95. The molecule has 1 aromatic rings. The molecule has 6 heteroatoms. The van der Waals surface area contributed by atoms with Gasteiger partial charge in [-0.1, -0.05) is 22.0 Å². The second-order valence-corrected chi connectivity index (χ2v) is 7.00. The molecule has 0 radical (unpaired) electrons. The highest BCUT2D eigenvalue weighted by Crippen LogP contribution is 2.50. The maximum Gasteiger partial charge on any atom is 0.218 e. The zero-order valence-corrected chi connectivity index (χ0v) is 14.8. The van der Waals surface area contributed by atoms with Crippen molar-refractivity contribution >= 4 is 21.9 Å². The standard InChI is InChI=1S/C16H22BrN3O2/c1-10(21-3)4-6-12-8-11-5-7-13(17)9-14(11)16(12)19-15(18)20(2)22-16/h5,7,9-10,12H,4,6,8H2,1-3H3,(H2,18,19). The Morgan fingerprint density at radius 3 is 3.00 bits per heavy atom. The number of ether oxygens (including phenoxy) is 1. The lowest BCUT2D eigenvalue weighted by Gasteiger charge is -2.29. The number of halogens is 1. The minimum Gasteiger partial charge on any atom is -0.382 e. The molecule has 1 heterocycles. The van der Waals surface area contributed by atoms with Gasteiger partial charge in [0.15, 0.2) is 0 Å². The third-order valence-corrected chi connectivity index (χ3v) is 5.17. The maximum atomic E-state index is 6.13. The van der Waals surface area contributed by atoms with Gasteiger partial charge in [-0.15, -0.1) is 0 Å². The topological polar surface area (TPSA) is 60.1 Å². The van der Waals surface area contributed by atoms with E-state index in [9.17, 15) is 0 Å². The smallest absolute Gasteiger partial charge is 0.218 e. The van der Waals surface area contributed by atoms with Crippen LogP contribution in [0.2, 0.25) is 0 Å². The molecule has 1 aliphatic heterocycles. The minimum atomic E-state index is -0.689. The van der Waals surface area contributed by atoms with Crippen molar-refractivity contribution < 1.29 is 9.57 Å². The van der Waals surface area contributed by atoms with Gasteiger partial charge < -0.3 is 10.5 Å². The van der Waals surface area contributed by atoms with Crippen molar-refractivity contribution in [3.8, 4) is 0 Å². The fourth-order valence-corrected chi connectivity index (χ4v) is 3.69. The predicted octanol–water partition coefficient (Wildman–Crippen LogP) is 2.78. The first-order valence-corrected chi connectivity index (χ1v) is 8.35. The van der Waals surface area contributed by atoms with Crippen LogP contribution in [0.4, 0.5) is 0 Å². The maximum absolute atomic E-state index is 6.13. The lowest BCUT2D eigenvalue weighted by molar-refractivity contribution is -0.194. The van der Waals surface area contributed by atoms with Gasteiger partial charge in [0.1, 0.15) is 0 Å². The Labute approximate surface area is 139 Å². The second-order valence-electron chi connectivity index (χ2n) is 6.08. The van der Waals surface area contributed by atoms with E-state index in [0.29, 0.717) is 5.96 Å². The quantitative estimate of drug-likeness (QED) is 0.888. The van der Waals surface area contributed by atoms with Crippen LogP contribution in [-0.2, 0) is 21.7 Å². The number of hydrogen-bond donors (Lipinski definition) is 1. The molecule has 0 saturated heterocycles. The molecule has 0 aromatic heterocycles. The van der Waals surface area contributed by atoms with Crippen molar-refractivity contribution in [3.05, 3.63) is 33.8 Å². The summed E-state index contributed by atoms with van der Waals surface area (Å²) in [7, 11) is 3.55. The molecular formula is C16H22BrN3O2. The summed E-state index contributed by atoms with van der Waals surface area (Å²) in [6.45, 7) is 2.09. The summed E-state index contributed by atoms with van der Waals surface area (Å²) in [6.07, 6.45) is 3.13. The highest BCUT2D eigenvalue weighted by atomic mass is 79.9. The molecule has 3 unspecified atom stereocenters. The van der Waals surface area contributed by atoms with Gasteiger partial charge in [0.05, 0.1) is 6.10 Å². The van der Waals surface area contributed by atoms with Gasteiger partial charge in [-0.25, -0.2) is 14.9 Å². The van der Waals surface area contributed by atoms with Gasteiger partial charge in [0, 0.05) is 30.1 Å². The fourth-order valence-electron chi connectivity index (χ4n) is 3.33. The SMILES string of the molecule is COC(C)CCC1Cc2ccc(Br)cc2C12N=C(N)N(C)O2. The molecule has 2 N–H and O–H groups in total. The third-order valence-electron chi connectivity index (χ3n) is 4.68. The summed E-state index contributed by atoms with van der Waals surface area (Å²) in [6, 6.07) is 6.32. The van der Waals surface area contributed by atoms with Crippen molar-refractivity contribution in [2.45, 2.75) is 38.0 Å². The van der Waals surface area contributed by atoms with Crippen molar-refractivity contribution in [2.24, 2.45) is 16.6 Å². The molecule has 0 bridgehead atoms. The molecule has 3 atom stereocenters. The van der Waals surface area contributed by atoms with E-state index in [1.54, 1.807) is 19.2 Å². The number of aliphatic imine (C=N–C) groups is 1. The number of benzene rings is 1. The zero-order chi connectivity index (χ0) is 15.9. The molecule has 22 heavy (non-hydrogen) atoms. The monoisotopic (exact) mass is 367 g/mol. The van der Waals surface area contributed by atoms with E-state index in [2.05, 4.69) is 41.1 Å². The Morgan fingerprint density at radius 1 is 1.59 bits per heavy atom. The van der Waals surface area contributed by atoms with Crippen LogP contribution >= 0.6 is 15.9 Å². The lowest BCUT2D eigenvalue weighted by Crippen LogP contribution is -2.35. The van der Waals surface area contributed by atoms with Gasteiger partial charge in [0.25, 0.3) is 0 Å². The molecule has 0 amide bonds. The first-order valence-electron chi connectivity index (χ1n) is 7.56. The number of hydroxylamine groups is 2. The van der Waals surface area contributed by atoms with Crippen LogP contribution in [0.25, 0.3) is 0 Å². The van der Waals surface area contributed by atoms with E-state index in [0.717, 1.165) is 29.3 Å². The van der Waals surface area contributed by atoms with Crippen LogP contribution in [0.3, 0.4) is 0 Å². The highest BCUT2D eigenvalue weighted by molar-refractivity contribution is 9.10. The summed E-state index contributed by atoms with van der Waals surface area (Å²) < 4.78 is 6.41. The molecule has 0 fully saturated rings. The van der Waals surface area contributed by atoms with E-state index in [1.165, 1.54) is 5.56 Å². The van der Waals surface area contributed by atoms with E-state index in [4.69, 9.17) is 20.3 Å². The number of nitrogens with two attached hydrogens (primary N) is 1. The molecule has 1 aromatic carbocycles. The van der Waals surface area contributed by atoms with E-state index in [1.807, 2.05) is 0 Å². The Bertz CT molecular complexity index is 607. The normalized spacial score (nSPS) is 28.1. The summed E-state index contributed by atoms with van der Waals surface area (Å²) in [5.74, 6) is 0.690. The van der Waals surface area contributed by atoms with Crippen LogP contribution in [0.5, 0.6) is 0 Å². The molecule has 2 aliphatic rings. The van der Waals surface area contributed by atoms with Crippen LogP contribution in [0, 0.1) is 5.92 Å². The molecule has 1 aliphatic carbocycles. The molecule has 3 rings (SSSR count). The number of guanidine groups is 1. The van der Waals surface area contributed by atoms with E-state index in [-0.39, 0.29) is 12.0 Å².